The van der Waals surface area contributed by atoms with E-state index in [4.69, 9.17) is 13.9 Å². The maximum Gasteiger partial charge on any atom is 0.351 e. The highest BCUT2D eigenvalue weighted by Crippen LogP contribution is 2.34. The lowest BCUT2D eigenvalue weighted by molar-refractivity contribution is 0.0595. The maximum atomic E-state index is 12.6. The molecule has 14 heteroatoms. The van der Waals surface area contributed by atoms with Crippen LogP contribution in [0.3, 0.4) is 0 Å². The number of aromatic carboxylic acids is 1. The Morgan fingerprint density at radius 1 is 0.673 bits per heavy atom. The number of ether oxygens (including phenoxy) is 1. The third-order valence-electron chi connectivity index (χ3n) is 7.26. The first kappa shape index (κ1) is 34.5. The van der Waals surface area contributed by atoms with Gasteiger partial charge in [-0.15, -0.1) is 22.7 Å². The van der Waals surface area contributed by atoms with E-state index in [1.54, 1.807) is 50.5 Å². The molecule has 0 aliphatic rings. The molecule has 12 nitrogen and oxygen atoms in total. The number of anilines is 2. The van der Waals surface area contributed by atoms with Crippen molar-refractivity contribution in [3.63, 3.8) is 0 Å². The topological polar surface area (TPSA) is 165 Å². The third kappa shape index (κ3) is 7.35. The lowest BCUT2D eigenvalue weighted by atomic mass is 10.1. The van der Waals surface area contributed by atoms with Gasteiger partial charge in [-0.3, -0.25) is 9.59 Å². The van der Waals surface area contributed by atoms with Gasteiger partial charge in [0.1, 0.15) is 21.1 Å². The number of thiophene rings is 2. The zero-order valence-electron chi connectivity index (χ0n) is 26.8. The minimum Gasteiger partial charge on any atom is -0.477 e. The maximum absolute atomic E-state index is 12.6. The lowest BCUT2D eigenvalue weighted by Crippen LogP contribution is -2.25. The van der Waals surface area contributed by atoms with E-state index in [0.29, 0.717) is 36.1 Å². The molecule has 0 aliphatic heterocycles. The van der Waals surface area contributed by atoms with E-state index in [1.165, 1.54) is 51.7 Å². The minimum atomic E-state index is -1.34. The fourth-order valence-electron chi connectivity index (χ4n) is 4.68. The monoisotopic (exact) mass is 700 g/mol. The molecule has 2 aromatic carbocycles. The van der Waals surface area contributed by atoms with E-state index in [2.05, 4.69) is 4.74 Å². The molecule has 4 heterocycles. The highest BCUT2D eigenvalue weighted by molar-refractivity contribution is 7.23. The van der Waals surface area contributed by atoms with Crippen LogP contribution in [0.2, 0.25) is 0 Å². The van der Waals surface area contributed by atoms with Gasteiger partial charge in [0.05, 0.1) is 16.5 Å². The van der Waals surface area contributed by atoms with Gasteiger partial charge in [0.15, 0.2) is 11.2 Å². The third-order valence-corrected chi connectivity index (χ3v) is 9.54. The summed E-state index contributed by atoms with van der Waals surface area (Å²) in [6, 6.07) is 20.4. The number of carboxylic acids is 1. The molecule has 0 fully saturated rings. The minimum absolute atomic E-state index is 0.170. The van der Waals surface area contributed by atoms with Gasteiger partial charge in [0.2, 0.25) is 0 Å². The largest absolute Gasteiger partial charge is 0.477 e. The zero-order valence-corrected chi connectivity index (χ0v) is 28.4. The first-order valence-electron chi connectivity index (χ1n) is 14.4. The summed E-state index contributed by atoms with van der Waals surface area (Å²) in [5.41, 5.74) is 1.38. The molecular weight excluding hydrogens is 673 g/mol. The normalized spacial score (nSPS) is 10.7. The Morgan fingerprint density at radius 3 is 1.51 bits per heavy atom. The van der Waals surface area contributed by atoms with Gasteiger partial charge in [-0.2, -0.15) is 0 Å². The molecule has 49 heavy (non-hydrogen) atoms. The van der Waals surface area contributed by atoms with Gasteiger partial charge < -0.3 is 28.5 Å². The van der Waals surface area contributed by atoms with Gasteiger partial charge in [0, 0.05) is 37.4 Å². The Labute approximate surface area is 286 Å². The van der Waals surface area contributed by atoms with Crippen molar-refractivity contribution in [1.82, 2.24) is 0 Å². The Bertz CT molecular complexity index is 2380. The second-order valence-electron chi connectivity index (χ2n) is 10.8. The van der Waals surface area contributed by atoms with E-state index >= 15 is 0 Å². The number of methoxy groups -OCH3 is 1. The Kier molecular flexibility index (Phi) is 9.91. The fourth-order valence-corrected chi connectivity index (χ4v) is 6.66. The molecule has 250 valence electrons. The first-order valence-corrected chi connectivity index (χ1v) is 16.1. The number of hydrogen-bond donors (Lipinski definition) is 1. The van der Waals surface area contributed by atoms with E-state index in [9.17, 15) is 28.8 Å². The number of carbonyl (C=O) groups excluding carboxylic acids is 3. The fraction of sp³-hybridized carbons (Fsp3) is 0.143. The predicted molar refractivity (Wildman–Crippen MR) is 187 cm³/mol. The molecule has 0 spiro atoms. The number of esters is 1. The summed E-state index contributed by atoms with van der Waals surface area (Å²) in [5.74, 6) is -2.48. The number of nitrogens with zero attached hydrogens (tertiary/aromatic N) is 2. The van der Waals surface area contributed by atoms with Crippen LogP contribution in [0.25, 0.3) is 20.6 Å². The summed E-state index contributed by atoms with van der Waals surface area (Å²) in [5, 5.41) is 10.1. The van der Waals surface area contributed by atoms with Crippen LogP contribution < -0.4 is 21.1 Å². The molecule has 0 radical (unpaired) electrons. The average Bonchev–Trinajstić information content (AvgIpc) is 3.69. The molecule has 6 rings (SSSR count). The van der Waals surface area contributed by atoms with Crippen LogP contribution >= 0.6 is 22.7 Å². The van der Waals surface area contributed by atoms with Gasteiger partial charge in [-0.1, -0.05) is 35.4 Å². The molecule has 0 saturated heterocycles. The summed E-state index contributed by atoms with van der Waals surface area (Å²) in [6.07, 6.45) is 0. The van der Waals surface area contributed by atoms with E-state index in [-0.39, 0.29) is 23.0 Å². The van der Waals surface area contributed by atoms with Gasteiger partial charge in [-0.05, 0) is 50.2 Å². The molecule has 0 unspecified atom stereocenters. The highest BCUT2D eigenvalue weighted by Gasteiger charge is 2.21. The zero-order chi connectivity index (χ0) is 35.6. The molecule has 2 amide bonds. The number of carboxylic acid groups (broad SMARTS) is 1. The molecule has 1 N–H and O–H groups in total. The Hall–Kier alpha value is -5.86. The smallest absolute Gasteiger partial charge is 0.351 e. The molecule has 0 aliphatic carbocycles. The summed E-state index contributed by atoms with van der Waals surface area (Å²) in [7, 11) is 4.46. The average molecular weight is 701 g/mol. The number of aryl methyl sites for hydroxylation is 2. The van der Waals surface area contributed by atoms with Crippen molar-refractivity contribution in [2.24, 2.45) is 0 Å². The summed E-state index contributed by atoms with van der Waals surface area (Å²) < 4.78 is 15.8. The van der Waals surface area contributed by atoms with Crippen LogP contribution in [-0.2, 0) is 4.74 Å². The Balaban J connectivity index is 0.000000191. The van der Waals surface area contributed by atoms with E-state index < -0.39 is 28.8 Å². The van der Waals surface area contributed by atoms with Crippen molar-refractivity contribution in [2.45, 2.75) is 13.8 Å². The van der Waals surface area contributed by atoms with E-state index in [1.807, 2.05) is 38.1 Å². The molecule has 0 saturated carbocycles. The van der Waals surface area contributed by atoms with Crippen molar-refractivity contribution >= 4 is 77.0 Å². The molecule has 0 bridgehead atoms. The number of hydrogen-bond acceptors (Lipinski definition) is 11. The molecular formula is C35H28N2O10S2. The van der Waals surface area contributed by atoms with Gasteiger partial charge in [-0.25, -0.2) is 19.2 Å². The van der Waals surface area contributed by atoms with Crippen LogP contribution in [0.15, 0.2) is 91.2 Å². The SMILES string of the molecule is COC(=O)c1cc2sc(N(C)C(=O)c3cccc(C)c3)cc2oc1=O.Cc1cccc(C(=O)N(C)c2cc3oc(=O)c(C(=O)O)cc3s2)c1. The van der Waals surface area contributed by atoms with Crippen LogP contribution in [0.4, 0.5) is 10.0 Å². The van der Waals surface area contributed by atoms with Crippen molar-refractivity contribution < 1.29 is 37.9 Å². The number of benzene rings is 2. The number of amides is 2. The van der Waals surface area contributed by atoms with Crippen molar-refractivity contribution in [3.05, 3.63) is 127 Å². The van der Waals surface area contributed by atoms with E-state index in [0.717, 1.165) is 11.1 Å². The standard InChI is InChI=1S/C18H15NO5S.C17H13NO5S/c1-10-5-4-6-11(7-10)16(20)19(2)15-9-13-14(25-15)8-12(17(21)23-3)18(22)24-13;1-9-4-3-5-10(6-9)15(19)18(2)14-8-12-13(24-14)7-11(16(20)21)17(22)23-12/h4-9H,1-3H3;3-8H,1-2H3,(H,20,21). The number of fused-ring (bicyclic) bond motifs is 2. The first-order chi connectivity index (χ1) is 23.3. The molecule has 4 aromatic heterocycles. The summed E-state index contributed by atoms with van der Waals surface area (Å²) >= 11 is 2.43. The van der Waals surface area contributed by atoms with Crippen LogP contribution in [-0.4, -0.2) is 50.1 Å². The number of carbonyl (C=O) groups is 4. The van der Waals surface area contributed by atoms with Crippen molar-refractivity contribution in [3.8, 4) is 0 Å². The predicted octanol–water partition coefficient (Wildman–Crippen LogP) is 6.36. The Morgan fingerprint density at radius 2 is 1.10 bits per heavy atom. The van der Waals surface area contributed by atoms with Crippen LogP contribution in [0, 0.1) is 13.8 Å². The second kappa shape index (κ2) is 14.1. The molecule has 6 aromatic rings. The lowest BCUT2D eigenvalue weighted by Gasteiger charge is -2.14. The molecule has 0 atom stereocenters. The quantitative estimate of drug-likeness (QED) is 0.193. The van der Waals surface area contributed by atoms with Crippen LogP contribution in [0.1, 0.15) is 52.6 Å². The second-order valence-corrected chi connectivity index (χ2v) is 12.9. The van der Waals surface area contributed by atoms with Crippen LogP contribution in [0.5, 0.6) is 0 Å². The van der Waals surface area contributed by atoms with Gasteiger partial charge >= 0.3 is 23.2 Å². The van der Waals surface area contributed by atoms with Crippen molar-refractivity contribution in [2.75, 3.05) is 31.0 Å². The van der Waals surface area contributed by atoms with Gasteiger partial charge in [0.25, 0.3) is 11.8 Å². The summed E-state index contributed by atoms with van der Waals surface area (Å²) in [4.78, 5) is 74.2. The number of rotatable bonds is 6. The summed E-state index contributed by atoms with van der Waals surface area (Å²) in [6.45, 7) is 3.82. The highest BCUT2D eigenvalue weighted by atomic mass is 32.1. The van der Waals surface area contributed by atoms with Crippen molar-refractivity contribution in [1.29, 1.82) is 0 Å².